The summed E-state index contributed by atoms with van der Waals surface area (Å²) in [6, 6.07) is 4.57. The molecule has 1 aromatic carbocycles. The third-order valence-electron chi connectivity index (χ3n) is 7.45. The van der Waals surface area contributed by atoms with Crippen molar-refractivity contribution >= 4 is 23.6 Å². The largest absolute Gasteiger partial charge is 0.396 e. The van der Waals surface area contributed by atoms with Crippen molar-refractivity contribution in [3.05, 3.63) is 41.2 Å². The summed E-state index contributed by atoms with van der Waals surface area (Å²) in [5, 5.41) is 19.9. The molecular formula is C23H24N6O6. The van der Waals surface area contributed by atoms with Crippen molar-refractivity contribution in [2.24, 2.45) is 11.8 Å². The fourth-order valence-electron chi connectivity index (χ4n) is 5.49. The van der Waals surface area contributed by atoms with Gasteiger partial charge in [-0.25, -0.2) is 4.68 Å². The SMILES string of the molecule is O=C1CCC(N2Cc3ccc(-n4cc(C(=O)N5C[C@@H]6[C@H](CO)CO[C@@H]6C5)nn4)cc3C2=O)C(=O)N1. The molecule has 3 fully saturated rings. The van der Waals surface area contributed by atoms with Crippen LogP contribution in [0.3, 0.4) is 0 Å². The van der Waals surface area contributed by atoms with Gasteiger partial charge in [-0.2, -0.15) is 0 Å². The number of piperidine rings is 1. The molecule has 0 saturated carbocycles. The smallest absolute Gasteiger partial charge is 0.276 e. The summed E-state index contributed by atoms with van der Waals surface area (Å²) in [6.07, 6.45) is 1.96. The van der Waals surface area contributed by atoms with E-state index in [2.05, 4.69) is 15.6 Å². The van der Waals surface area contributed by atoms with Gasteiger partial charge in [-0.1, -0.05) is 11.3 Å². The van der Waals surface area contributed by atoms with E-state index < -0.39 is 11.9 Å². The Kier molecular flexibility index (Phi) is 5.15. The van der Waals surface area contributed by atoms with E-state index in [4.69, 9.17) is 4.74 Å². The highest BCUT2D eigenvalue weighted by Gasteiger charge is 2.45. The first kappa shape index (κ1) is 21.9. The summed E-state index contributed by atoms with van der Waals surface area (Å²) in [5.74, 6) is -1.16. The summed E-state index contributed by atoms with van der Waals surface area (Å²) < 4.78 is 7.16. The van der Waals surface area contributed by atoms with Crippen molar-refractivity contribution in [2.75, 3.05) is 26.3 Å². The Bertz CT molecular complexity index is 1240. The Balaban J connectivity index is 1.18. The zero-order valence-electron chi connectivity index (χ0n) is 18.8. The highest BCUT2D eigenvalue weighted by molar-refractivity contribution is 6.05. The van der Waals surface area contributed by atoms with E-state index in [-0.39, 0.29) is 60.9 Å². The second-order valence-corrected chi connectivity index (χ2v) is 9.48. The number of likely N-dealkylation sites (tertiary alicyclic amines) is 1. The number of benzene rings is 1. The molecule has 12 heteroatoms. The zero-order chi connectivity index (χ0) is 24.3. The third-order valence-corrected chi connectivity index (χ3v) is 7.45. The quantitative estimate of drug-likeness (QED) is 0.536. The molecule has 12 nitrogen and oxygen atoms in total. The van der Waals surface area contributed by atoms with Crippen LogP contribution in [0.4, 0.5) is 0 Å². The van der Waals surface area contributed by atoms with Crippen molar-refractivity contribution in [1.82, 2.24) is 30.1 Å². The van der Waals surface area contributed by atoms with Crippen molar-refractivity contribution in [3.63, 3.8) is 0 Å². The number of carbonyl (C=O) groups is 4. The van der Waals surface area contributed by atoms with Crippen molar-refractivity contribution < 1.29 is 29.0 Å². The Morgan fingerprint density at radius 1 is 1.23 bits per heavy atom. The monoisotopic (exact) mass is 480 g/mol. The number of hydrogen-bond acceptors (Lipinski definition) is 8. The molecule has 0 radical (unpaired) electrons. The lowest BCUT2D eigenvalue weighted by molar-refractivity contribution is -0.136. The average Bonchev–Trinajstić information content (AvgIpc) is 3.62. The lowest BCUT2D eigenvalue weighted by atomic mass is 9.94. The van der Waals surface area contributed by atoms with E-state index in [1.807, 2.05) is 0 Å². The van der Waals surface area contributed by atoms with Crippen molar-refractivity contribution in [3.8, 4) is 5.69 Å². The van der Waals surface area contributed by atoms with Crippen LogP contribution < -0.4 is 5.32 Å². The van der Waals surface area contributed by atoms with E-state index >= 15 is 0 Å². The number of amides is 4. The van der Waals surface area contributed by atoms with E-state index in [0.717, 1.165) is 5.56 Å². The normalized spacial score (nSPS) is 27.9. The minimum Gasteiger partial charge on any atom is -0.396 e. The van der Waals surface area contributed by atoms with E-state index in [0.29, 0.717) is 37.4 Å². The van der Waals surface area contributed by atoms with Crippen LogP contribution in [0.25, 0.3) is 5.69 Å². The van der Waals surface area contributed by atoms with Gasteiger partial charge in [0.15, 0.2) is 5.69 Å². The predicted octanol–water partition coefficient (Wildman–Crippen LogP) is -0.892. The molecule has 1 aromatic heterocycles. The standard InChI is InChI=1S/C23H24N6O6/c30-10-13-11-35-19-9-27(7-16(13)19)23(34)17-8-29(26-25-17)14-2-1-12-6-28(22(33)15(12)5-14)18-3-4-20(31)24-21(18)32/h1-2,5,8,13,16,18-19,30H,3-4,6-7,9-11H2,(H,24,31,32)/t13-,16-,18?,19-/m1/s1. The predicted molar refractivity (Wildman–Crippen MR) is 117 cm³/mol. The van der Waals surface area contributed by atoms with Crippen LogP contribution >= 0.6 is 0 Å². The lowest BCUT2D eigenvalue weighted by Crippen LogP contribution is -2.52. The molecule has 35 heavy (non-hydrogen) atoms. The van der Waals surface area contributed by atoms with Crippen LogP contribution in [0, 0.1) is 11.8 Å². The van der Waals surface area contributed by atoms with Crippen LogP contribution in [-0.4, -0.2) is 92.0 Å². The van der Waals surface area contributed by atoms with Crippen LogP contribution in [0.15, 0.2) is 24.4 Å². The second-order valence-electron chi connectivity index (χ2n) is 9.48. The topological polar surface area (TPSA) is 147 Å². The molecule has 4 amide bonds. The minimum atomic E-state index is -0.680. The number of rotatable bonds is 4. The van der Waals surface area contributed by atoms with Gasteiger partial charge >= 0.3 is 0 Å². The number of hydrogen-bond donors (Lipinski definition) is 2. The highest BCUT2D eigenvalue weighted by atomic mass is 16.5. The van der Waals surface area contributed by atoms with Crippen molar-refractivity contribution in [1.29, 1.82) is 0 Å². The van der Waals surface area contributed by atoms with Crippen LogP contribution in [0.2, 0.25) is 0 Å². The molecule has 2 N–H and O–H groups in total. The Hall–Kier alpha value is -3.64. The maximum Gasteiger partial charge on any atom is 0.276 e. The van der Waals surface area contributed by atoms with Gasteiger partial charge in [0.05, 0.1) is 24.6 Å². The number of carbonyl (C=O) groups excluding carboxylic acids is 4. The molecular weight excluding hydrogens is 456 g/mol. The van der Waals surface area contributed by atoms with Gasteiger partial charge in [-0.15, -0.1) is 5.10 Å². The molecule has 5 heterocycles. The Morgan fingerprint density at radius 3 is 2.89 bits per heavy atom. The molecule has 4 aliphatic rings. The number of nitrogens with zero attached hydrogens (tertiary/aromatic N) is 5. The van der Waals surface area contributed by atoms with Gasteiger partial charge in [0.2, 0.25) is 11.8 Å². The Labute approximate surface area is 199 Å². The average molecular weight is 480 g/mol. The van der Waals surface area contributed by atoms with E-state index in [1.54, 1.807) is 23.1 Å². The van der Waals surface area contributed by atoms with Gasteiger partial charge < -0.3 is 19.6 Å². The third kappa shape index (κ3) is 3.60. The molecule has 182 valence electrons. The van der Waals surface area contributed by atoms with Gasteiger partial charge in [0.25, 0.3) is 11.8 Å². The molecule has 1 unspecified atom stereocenters. The summed E-state index contributed by atoms with van der Waals surface area (Å²) in [5.41, 5.74) is 1.98. The summed E-state index contributed by atoms with van der Waals surface area (Å²) in [4.78, 5) is 52.9. The van der Waals surface area contributed by atoms with Gasteiger partial charge in [-0.05, 0) is 24.1 Å². The van der Waals surface area contributed by atoms with E-state index in [1.165, 1.54) is 15.8 Å². The van der Waals surface area contributed by atoms with Crippen LogP contribution in [0.5, 0.6) is 0 Å². The molecule has 6 rings (SSSR count). The molecule has 3 saturated heterocycles. The number of ether oxygens (including phenoxy) is 1. The fourth-order valence-corrected chi connectivity index (χ4v) is 5.49. The maximum absolute atomic E-state index is 13.1. The number of nitrogens with one attached hydrogen (secondary N) is 1. The molecule has 4 atom stereocenters. The number of fused-ring (bicyclic) bond motifs is 2. The van der Waals surface area contributed by atoms with Gasteiger partial charge in [0, 0.05) is 50.1 Å². The maximum atomic E-state index is 13.1. The first-order valence-electron chi connectivity index (χ1n) is 11.6. The fraction of sp³-hybridized carbons (Fsp3) is 0.478. The van der Waals surface area contributed by atoms with Gasteiger partial charge in [0.1, 0.15) is 6.04 Å². The molecule has 2 aromatic rings. The second kappa shape index (κ2) is 8.24. The summed E-state index contributed by atoms with van der Waals surface area (Å²) in [7, 11) is 0. The summed E-state index contributed by atoms with van der Waals surface area (Å²) in [6.45, 7) is 1.80. The Morgan fingerprint density at radius 2 is 2.09 bits per heavy atom. The first-order valence-corrected chi connectivity index (χ1v) is 11.6. The minimum absolute atomic E-state index is 0.0390. The lowest BCUT2D eigenvalue weighted by Gasteiger charge is -2.29. The molecule has 0 aliphatic carbocycles. The summed E-state index contributed by atoms with van der Waals surface area (Å²) >= 11 is 0. The van der Waals surface area contributed by atoms with Gasteiger partial charge in [-0.3, -0.25) is 24.5 Å². The van der Waals surface area contributed by atoms with Crippen LogP contribution in [-0.2, 0) is 20.9 Å². The number of aliphatic hydroxyl groups excluding tert-OH is 1. The number of aliphatic hydroxyl groups is 1. The van der Waals surface area contributed by atoms with Crippen LogP contribution in [0.1, 0.15) is 39.3 Å². The first-order chi connectivity index (χ1) is 16.9. The highest BCUT2D eigenvalue weighted by Crippen LogP contribution is 2.34. The number of imide groups is 1. The number of aromatic nitrogens is 3. The zero-order valence-corrected chi connectivity index (χ0v) is 18.8. The molecule has 0 bridgehead atoms. The van der Waals surface area contributed by atoms with Crippen molar-refractivity contribution in [2.45, 2.75) is 31.5 Å². The molecule has 0 spiro atoms. The molecule has 4 aliphatic heterocycles. The van der Waals surface area contributed by atoms with E-state index in [9.17, 15) is 24.3 Å².